The van der Waals surface area contributed by atoms with E-state index in [0.29, 0.717) is 38.5 Å². The molecule has 0 fully saturated rings. The minimum absolute atomic E-state index is 0. The fraction of sp³-hybridized carbons (Fsp3) is 0.727. The van der Waals surface area contributed by atoms with E-state index in [0.717, 1.165) is 63.5 Å². The monoisotopic (exact) mass is 1530 g/mol. The van der Waals surface area contributed by atoms with Crippen molar-refractivity contribution in [1.82, 2.24) is 0 Å². The molecule has 0 aliphatic carbocycles. The van der Waals surface area contributed by atoms with Crippen LogP contribution >= 0.6 is 0 Å². The van der Waals surface area contributed by atoms with Crippen molar-refractivity contribution in [3.05, 3.63) is 107 Å². The number of ether oxygens (including phenoxy) is 4. The SMILES string of the molecule is CCCCCCCCCCCCC/C=C/CCCOC(=O)c1cccc(S(=O)(=O)[O-])c1C(=O)OCCC/C=C/CCCCCCCCCCCCC.CCCCCCCCCCCCC/C=C/CCCOC(=O)c1cccc(S(=O)(=O)[O-])c1C(=O)OCCC/C=C/CCCCCCCCCCCCC.[Ca+2]. The molecule has 0 aliphatic heterocycles. The molecule has 2 rings (SSSR count). The zero-order valence-electron chi connectivity index (χ0n) is 66.7. The topological polar surface area (TPSA) is 220 Å². The summed E-state index contributed by atoms with van der Waals surface area (Å²) in [7, 11) is -10.1. The van der Waals surface area contributed by atoms with Crippen LogP contribution < -0.4 is 0 Å². The summed E-state index contributed by atoms with van der Waals surface area (Å²) < 4.78 is 93.1. The van der Waals surface area contributed by atoms with Crippen molar-refractivity contribution in [1.29, 1.82) is 0 Å². The summed E-state index contributed by atoms with van der Waals surface area (Å²) in [6.07, 6.45) is 84.2. The summed E-state index contributed by atoms with van der Waals surface area (Å²) in [6.45, 7) is 9.29. The first kappa shape index (κ1) is 101. The molecule has 14 nitrogen and oxygen atoms in total. The third kappa shape index (κ3) is 58.9. The van der Waals surface area contributed by atoms with Crippen LogP contribution in [0.15, 0.2) is 94.8 Å². The Morgan fingerprint density at radius 1 is 0.267 bits per heavy atom. The molecule has 0 bridgehead atoms. The summed E-state index contributed by atoms with van der Waals surface area (Å²) in [5.74, 6) is -3.74. The summed E-state index contributed by atoms with van der Waals surface area (Å²) in [5.41, 5.74) is -1.66. The van der Waals surface area contributed by atoms with Gasteiger partial charge in [-0.2, -0.15) is 0 Å². The second-order valence-corrected chi connectivity index (χ2v) is 31.3. The van der Waals surface area contributed by atoms with E-state index in [1.54, 1.807) is 0 Å². The van der Waals surface area contributed by atoms with Gasteiger partial charge in [0, 0.05) is 0 Å². The van der Waals surface area contributed by atoms with Gasteiger partial charge in [0.1, 0.15) is 20.2 Å². The Kier molecular flexibility index (Phi) is 70.6. The number of benzene rings is 2. The van der Waals surface area contributed by atoms with Crippen LogP contribution in [0.3, 0.4) is 0 Å². The van der Waals surface area contributed by atoms with Crippen LogP contribution in [0.1, 0.15) is 429 Å². The van der Waals surface area contributed by atoms with Crippen molar-refractivity contribution in [2.24, 2.45) is 0 Å². The molecule has 0 spiro atoms. The van der Waals surface area contributed by atoms with Crippen molar-refractivity contribution in [2.75, 3.05) is 26.4 Å². The van der Waals surface area contributed by atoms with Crippen LogP contribution in [0.25, 0.3) is 0 Å². The van der Waals surface area contributed by atoms with Crippen molar-refractivity contribution in [3.8, 4) is 0 Å². The van der Waals surface area contributed by atoms with Gasteiger partial charge in [-0.3, -0.25) is 0 Å². The van der Waals surface area contributed by atoms with Crippen LogP contribution in [0.2, 0.25) is 0 Å². The molecule has 17 heteroatoms. The molecule has 2 aromatic carbocycles. The van der Waals surface area contributed by atoms with Gasteiger partial charge in [-0.15, -0.1) is 0 Å². The third-order valence-electron chi connectivity index (χ3n) is 19.0. The number of hydrogen-bond donors (Lipinski definition) is 0. The van der Waals surface area contributed by atoms with Crippen molar-refractivity contribution in [3.63, 3.8) is 0 Å². The van der Waals surface area contributed by atoms with Crippen molar-refractivity contribution in [2.45, 2.75) is 397 Å². The minimum atomic E-state index is -5.03. The second-order valence-electron chi connectivity index (χ2n) is 28.6. The Morgan fingerprint density at radius 2 is 0.438 bits per heavy atom. The summed E-state index contributed by atoms with van der Waals surface area (Å²) >= 11 is 0. The molecule has 0 saturated carbocycles. The maximum Gasteiger partial charge on any atom is 2.00 e. The van der Waals surface area contributed by atoms with E-state index in [2.05, 4.69) is 76.3 Å². The average Bonchev–Trinajstić information content (AvgIpc) is 0.799. The van der Waals surface area contributed by atoms with Crippen LogP contribution in [0.4, 0.5) is 0 Å². The standard InChI is InChI=1S/2C44H74O7S.Ca/c2*1-3-5-7-9-11-13-15-17-19-21-23-25-27-29-31-33-38-50-43(45)40-36-35-37-41(52(47,48)49)42(40)44(46)51-39-34-32-30-28-26-24-22-20-18-16-14-12-10-8-6-4-2;/h2*27-30,35-37H,3-26,31-34,38-39H2,1-2H3,(H,47,48,49);/q;;+2/p-2/b2*29-27+,30-28+;. The molecule has 0 atom stereocenters. The summed E-state index contributed by atoms with van der Waals surface area (Å²) in [6, 6.07) is 7.14. The smallest absolute Gasteiger partial charge is 0.744 e. The first-order valence-electron chi connectivity index (χ1n) is 42.1. The molecule has 0 aromatic heterocycles. The van der Waals surface area contributed by atoms with Gasteiger partial charge in [0.15, 0.2) is 0 Å². The Hall–Kier alpha value is -3.64. The molecular weight excluding hydrogens is 1390 g/mol. The minimum Gasteiger partial charge on any atom is -0.744 e. The van der Waals surface area contributed by atoms with Crippen LogP contribution in [-0.2, 0) is 39.2 Å². The summed E-state index contributed by atoms with van der Waals surface area (Å²) in [4.78, 5) is 50.2. The number of esters is 4. The van der Waals surface area contributed by atoms with Gasteiger partial charge in [-0.1, -0.05) is 345 Å². The predicted octanol–water partition coefficient (Wildman–Crippen LogP) is 25.6. The van der Waals surface area contributed by atoms with Gasteiger partial charge in [-0.05, 0) is 127 Å². The quantitative estimate of drug-likeness (QED) is 0.0150. The molecule has 0 saturated heterocycles. The van der Waals surface area contributed by atoms with Crippen LogP contribution in [-0.4, -0.2) is 114 Å². The van der Waals surface area contributed by atoms with Gasteiger partial charge < -0.3 is 28.1 Å². The summed E-state index contributed by atoms with van der Waals surface area (Å²) in [5, 5.41) is 0. The maximum absolute atomic E-state index is 13.0. The first-order chi connectivity index (χ1) is 50.6. The normalized spacial score (nSPS) is 11.8. The largest absolute Gasteiger partial charge is 2.00 e. The number of rotatable bonds is 70. The molecule has 0 aliphatic rings. The number of carbonyl (C=O) groups excluding carboxylic acids is 4. The van der Waals surface area contributed by atoms with E-state index in [1.165, 1.54) is 294 Å². The molecule has 0 heterocycles. The zero-order chi connectivity index (χ0) is 75.9. The maximum atomic E-state index is 13.0. The number of allylic oxidation sites excluding steroid dienone is 8. The fourth-order valence-electron chi connectivity index (χ4n) is 12.7. The Morgan fingerprint density at radius 3 is 0.629 bits per heavy atom. The van der Waals surface area contributed by atoms with E-state index < -0.39 is 65.0 Å². The van der Waals surface area contributed by atoms with Gasteiger partial charge in [0.05, 0.1) is 58.5 Å². The Bertz CT molecular complexity index is 2610. The van der Waals surface area contributed by atoms with Gasteiger partial charge in [0.2, 0.25) is 0 Å². The molecule has 105 heavy (non-hydrogen) atoms. The molecule has 596 valence electrons. The van der Waals surface area contributed by atoms with Crippen molar-refractivity contribution >= 4 is 81.9 Å². The van der Waals surface area contributed by atoms with E-state index in [1.807, 2.05) is 0 Å². The fourth-order valence-corrected chi connectivity index (χ4v) is 14.0. The predicted molar refractivity (Wildman–Crippen MR) is 434 cm³/mol. The number of carbonyl (C=O) groups is 4. The molecule has 0 N–H and O–H groups in total. The molecule has 0 radical (unpaired) electrons. The van der Waals surface area contributed by atoms with E-state index in [9.17, 15) is 45.1 Å². The number of hydrogen-bond acceptors (Lipinski definition) is 14. The van der Waals surface area contributed by atoms with E-state index >= 15 is 0 Å². The number of unbranched alkanes of at least 4 members (excludes halogenated alkanes) is 48. The van der Waals surface area contributed by atoms with E-state index in [4.69, 9.17) is 18.9 Å². The molecular formula is C88H146CaO14S2. The molecule has 0 amide bonds. The third-order valence-corrected chi connectivity index (χ3v) is 20.8. The van der Waals surface area contributed by atoms with Crippen LogP contribution in [0, 0.1) is 0 Å². The van der Waals surface area contributed by atoms with Crippen LogP contribution in [0.5, 0.6) is 0 Å². The Balaban J connectivity index is 0.00000204. The molecule has 2 aromatic rings. The Labute approximate surface area is 671 Å². The van der Waals surface area contributed by atoms with Gasteiger partial charge >= 0.3 is 61.6 Å². The second kappa shape index (κ2) is 73.2. The van der Waals surface area contributed by atoms with Gasteiger partial charge in [-0.25, -0.2) is 36.0 Å². The average molecular weight is 1530 g/mol. The first-order valence-corrected chi connectivity index (χ1v) is 44.9. The van der Waals surface area contributed by atoms with Gasteiger partial charge in [0.25, 0.3) is 0 Å². The zero-order valence-corrected chi connectivity index (χ0v) is 70.6. The molecule has 0 unspecified atom stereocenters. The van der Waals surface area contributed by atoms with Crippen molar-refractivity contribution < 1.29 is 64.1 Å². The van der Waals surface area contributed by atoms with E-state index in [-0.39, 0.29) is 75.3 Å².